The van der Waals surface area contributed by atoms with E-state index in [2.05, 4.69) is 15.6 Å². The average molecular weight is 324 g/mol. The second kappa shape index (κ2) is 6.75. The van der Waals surface area contributed by atoms with Crippen molar-refractivity contribution >= 4 is 5.91 Å². The third-order valence-electron chi connectivity index (χ3n) is 5.40. The molecule has 1 amide bonds. The average Bonchev–Trinajstić information content (AvgIpc) is 3.34. The number of aromatic nitrogens is 3. The predicted molar refractivity (Wildman–Crippen MR) is 91.5 cm³/mol. The third kappa shape index (κ3) is 3.50. The lowest BCUT2D eigenvalue weighted by atomic mass is 9.82. The molecule has 2 atom stereocenters. The van der Waals surface area contributed by atoms with Gasteiger partial charge in [0.2, 0.25) is 0 Å². The van der Waals surface area contributed by atoms with Gasteiger partial charge in [0.1, 0.15) is 0 Å². The number of rotatable bonds is 5. The van der Waals surface area contributed by atoms with Crippen molar-refractivity contribution in [3.8, 4) is 0 Å². The molecule has 2 saturated carbocycles. The first-order valence-corrected chi connectivity index (χ1v) is 9.02. The fourth-order valence-corrected chi connectivity index (χ4v) is 3.99. The number of amides is 1. The van der Waals surface area contributed by atoms with Gasteiger partial charge in [-0.25, -0.2) is 4.68 Å². The maximum atomic E-state index is 12.8. The summed E-state index contributed by atoms with van der Waals surface area (Å²) in [5.41, 5.74) is 1.73. The topological polar surface area (TPSA) is 59.8 Å². The highest BCUT2D eigenvalue weighted by molar-refractivity contribution is 5.95. The molecular weight excluding hydrogens is 300 g/mol. The Morgan fingerprint density at radius 3 is 2.83 bits per heavy atom. The molecule has 1 aromatic heterocycles. The smallest absolute Gasteiger partial charge is 0.251 e. The second-order valence-electron chi connectivity index (χ2n) is 7.19. The fraction of sp³-hybridized carbons (Fsp3) is 0.526. The molecule has 5 heteroatoms. The Bertz CT molecular complexity index is 693. The van der Waals surface area contributed by atoms with Crippen LogP contribution in [0, 0.1) is 11.8 Å². The van der Waals surface area contributed by atoms with Crippen LogP contribution in [0.3, 0.4) is 0 Å². The summed E-state index contributed by atoms with van der Waals surface area (Å²) < 4.78 is 1.75. The van der Waals surface area contributed by atoms with E-state index in [0.717, 1.165) is 35.8 Å². The van der Waals surface area contributed by atoms with Crippen molar-refractivity contribution in [3.05, 3.63) is 47.8 Å². The largest absolute Gasteiger partial charge is 0.349 e. The van der Waals surface area contributed by atoms with Gasteiger partial charge >= 0.3 is 0 Å². The normalized spacial score (nSPS) is 23.8. The van der Waals surface area contributed by atoms with Crippen LogP contribution in [0.25, 0.3) is 0 Å². The van der Waals surface area contributed by atoms with Gasteiger partial charge in [0.25, 0.3) is 5.91 Å². The molecule has 0 spiro atoms. The molecule has 2 aromatic rings. The van der Waals surface area contributed by atoms with Gasteiger partial charge in [-0.15, -0.1) is 5.10 Å². The van der Waals surface area contributed by atoms with E-state index in [1.165, 1.54) is 25.7 Å². The Kier molecular flexibility index (Phi) is 4.32. The zero-order valence-electron chi connectivity index (χ0n) is 13.9. The summed E-state index contributed by atoms with van der Waals surface area (Å²) in [5.74, 6) is 1.81. The van der Waals surface area contributed by atoms with Crippen LogP contribution in [0.2, 0.25) is 0 Å². The van der Waals surface area contributed by atoms with Gasteiger partial charge in [0.15, 0.2) is 0 Å². The van der Waals surface area contributed by atoms with Crippen LogP contribution in [0.5, 0.6) is 0 Å². The molecule has 2 aliphatic rings. The Morgan fingerprint density at radius 2 is 2.04 bits per heavy atom. The van der Waals surface area contributed by atoms with Crippen LogP contribution < -0.4 is 5.32 Å². The molecule has 0 radical (unpaired) electrons. The molecule has 0 unspecified atom stereocenters. The maximum absolute atomic E-state index is 12.8. The highest BCUT2D eigenvalue weighted by atomic mass is 16.1. The lowest BCUT2D eigenvalue weighted by Gasteiger charge is -2.30. The molecule has 4 rings (SSSR count). The minimum atomic E-state index is 0.0483. The minimum absolute atomic E-state index is 0.0483. The first-order chi connectivity index (χ1) is 11.8. The van der Waals surface area contributed by atoms with Crippen molar-refractivity contribution in [2.75, 3.05) is 0 Å². The molecule has 0 bridgehead atoms. The van der Waals surface area contributed by atoms with Gasteiger partial charge in [-0.1, -0.05) is 36.3 Å². The summed E-state index contributed by atoms with van der Waals surface area (Å²) in [5, 5.41) is 11.1. The first-order valence-electron chi connectivity index (χ1n) is 9.02. The monoisotopic (exact) mass is 324 g/mol. The van der Waals surface area contributed by atoms with Gasteiger partial charge in [-0.3, -0.25) is 4.79 Å². The Balaban J connectivity index is 1.44. The summed E-state index contributed by atoms with van der Waals surface area (Å²) in [7, 11) is 0. The molecule has 1 N–H and O–H groups in total. The summed E-state index contributed by atoms with van der Waals surface area (Å²) in [6.07, 6.45) is 11.1. The molecular formula is C19H24N4O. The third-order valence-corrected chi connectivity index (χ3v) is 5.40. The number of benzene rings is 1. The lowest BCUT2D eigenvalue weighted by Crippen LogP contribution is -2.39. The van der Waals surface area contributed by atoms with Crippen LogP contribution >= 0.6 is 0 Å². The van der Waals surface area contributed by atoms with Crippen molar-refractivity contribution in [2.24, 2.45) is 11.8 Å². The molecule has 2 fully saturated rings. The van der Waals surface area contributed by atoms with Crippen molar-refractivity contribution in [1.82, 2.24) is 20.3 Å². The molecule has 5 nitrogen and oxygen atoms in total. The highest BCUT2D eigenvalue weighted by Gasteiger charge is 2.35. The van der Waals surface area contributed by atoms with Crippen LogP contribution in [-0.2, 0) is 6.54 Å². The van der Waals surface area contributed by atoms with E-state index < -0.39 is 0 Å². The molecule has 2 aliphatic carbocycles. The predicted octanol–water partition coefficient (Wildman–Crippen LogP) is 3.03. The van der Waals surface area contributed by atoms with E-state index in [9.17, 15) is 4.79 Å². The summed E-state index contributed by atoms with van der Waals surface area (Å²) in [6, 6.07) is 8.12. The molecule has 126 valence electrons. The van der Waals surface area contributed by atoms with Gasteiger partial charge in [0, 0.05) is 17.8 Å². The quantitative estimate of drug-likeness (QED) is 0.919. The van der Waals surface area contributed by atoms with Gasteiger partial charge < -0.3 is 5.32 Å². The molecule has 24 heavy (non-hydrogen) atoms. The molecule has 0 aliphatic heterocycles. The van der Waals surface area contributed by atoms with E-state index >= 15 is 0 Å². The molecule has 0 saturated heterocycles. The zero-order valence-corrected chi connectivity index (χ0v) is 13.9. The zero-order chi connectivity index (χ0) is 16.4. The van der Waals surface area contributed by atoms with Crippen molar-refractivity contribution in [3.63, 3.8) is 0 Å². The Hall–Kier alpha value is -2.17. The maximum Gasteiger partial charge on any atom is 0.251 e. The van der Waals surface area contributed by atoms with E-state index in [4.69, 9.17) is 0 Å². The minimum Gasteiger partial charge on any atom is -0.349 e. The van der Waals surface area contributed by atoms with E-state index in [1.54, 1.807) is 10.9 Å². The summed E-state index contributed by atoms with van der Waals surface area (Å²) in [6.45, 7) is 0.568. The molecule has 1 heterocycles. The number of carbonyl (C=O) groups is 1. The lowest BCUT2D eigenvalue weighted by molar-refractivity contribution is 0.0916. The van der Waals surface area contributed by atoms with Crippen molar-refractivity contribution < 1.29 is 4.79 Å². The van der Waals surface area contributed by atoms with Gasteiger partial charge in [-0.05, 0) is 49.1 Å². The number of nitrogens with zero attached hydrogens (tertiary/aromatic N) is 3. The number of hydrogen-bond acceptors (Lipinski definition) is 3. The van der Waals surface area contributed by atoms with Crippen LogP contribution in [0.4, 0.5) is 0 Å². The standard InChI is InChI=1S/C19H24N4O/c24-19(21-17-6-3-5-15(12-17)14-8-9-14)18-7-2-1-4-16(18)13-23-11-10-20-22-23/h1-2,4,7,10-11,14-15,17H,3,5-6,8-9,12-13H2,(H,21,24)/t15-,17+/m0/s1. The van der Waals surface area contributed by atoms with Crippen molar-refractivity contribution in [2.45, 2.75) is 51.1 Å². The summed E-state index contributed by atoms with van der Waals surface area (Å²) >= 11 is 0. The second-order valence-corrected chi connectivity index (χ2v) is 7.19. The van der Waals surface area contributed by atoms with Crippen LogP contribution in [0.15, 0.2) is 36.7 Å². The van der Waals surface area contributed by atoms with Gasteiger partial charge in [-0.2, -0.15) is 0 Å². The fourth-order valence-electron chi connectivity index (χ4n) is 3.99. The highest BCUT2D eigenvalue weighted by Crippen LogP contribution is 2.43. The van der Waals surface area contributed by atoms with E-state index in [1.807, 2.05) is 30.5 Å². The number of hydrogen-bond donors (Lipinski definition) is 1. The van der Waals surface area contributed by atoms with Crippen LogP contribution in [-0.4, -0.2) is 26.9 Å². The SMILES string of the molecule is O=C(N[C@@H]1CCC[C@H](C2CC2)C1)c1ccccc1Cn1ccnn1. The van der Waals surface area contributed by atoms with E-state index in [0.29, 0.717) is 12.6 Å². The number of nitrogens with one attached hydrogen (secondary N) is 1. The van der Waals surface area contributed by atoms with Crippen molar-refractivity contribution in [1.29, 1.82) is 0 Å². The summed E-state index contributed by atoms with van der Waals surface area (Å²) in [4.78, 5) is 12.8. The van der Waals surface area contributed by atoms with E-state index in [-0.39, 0.29) is 5.91 Å². The molecule has 1 aromatic carbocycles. The number of carbonyl (C=O) groups excluding carboxylic acids is 1. The Labute approximate surface area is 142 Å². The Morgan fingerprint density at radius 1 is 1.17 bits per heavy atom. The van der Waals surface area contributed by atoms with Crippen LogP contribution in [0.1, 0.15) is 54.4 Å². The first kappa shape index (κ1) is 15.4. The van der Waals surface area contributed by atoms with Gasteiger partial charge in [0.05, 0.1) is 12.7 Å².